The Morgan fingerprint density at radius 1 is 1.11 bits per heavy atom. The number of benzene rings is 2. The molecule has 5 rings (SSSR count). The number of anilines is 2. The molecule has 0 spiro atoms. The van der Waals surface area contributed by atoms with Crippen molar-refractivity contribution in [2.75, 3.05) is 29.9 Å². The lowest BCUT2D eigenvalue weighted by atomic mass is 9.90. The zero-order valence-corrected chi connectivity index (χ0v) is 20.0. The number of amides is 2. The summed E-state index contributed by atoms with van der Waals surface area (Å²) in [7, 11) is 0. The van der Waals surface area contributed by atoms with Crippen LogP contribution in [0.5, 0.6) is 5.75 Å². The number of carbonyl (C=O) groups excluding carboxylic acids is 2. The predicted octanol–water partition coefficient (Wildman–Crippen LogP) is 4.52. The molecule has 1 atom stereocenters. The Labute approximate surface area is 204 Å². The second kappa shape index (κ2) is 9.82. The Bertz CT molecular complexity index is 1180. The molecular weight excluding hydrogens is 444 g/mol. The maximum atomic E-state index is 12.5. The van der Waals surface area contributed by atoms with Gasteiger partial charge in [0.2, 0.25) is 5.91 Å². The molecule has 3 aromatic rings. The largest absolute Gasteiger partial charge is 0.493 e. The molecular formula is C27H30N4O4. The summed E-state index contributed by atoms with van der Waals surface area (Å²) in [5.74, 6) is 1.52. The van der Waals surface area contributed by atoms with Crippen molar-refractivity contribution in [3.8, 4) is 5.75 Å². The van der Waals surface area contributed by atoms with Crippen LogP contribution in [0.4, 0.5) is 11.7 Å². The number of ether oxygens (including phenoxy) is 1. The highest BCUT2D eigenvalue weighted by atomic mass is 16.5. The van der Waals surface area contributed by atoms with E-state index in [1.807, 2.05) is 6.92 Å². The molecule has 35 heavy (non-hydrogen) atoms. The zero-order chi connectivity index (χ0) is 24.4. The van der Waals surface area contributed by atoms with Gasteiger partial charge in [0.05, 0.1) is 12.6 Å². The summed E-state index contributed by atoms with van der Waals surface area (Å²) in [6, 6.07) is 16.6. The third kappa shape index (κ3) is 5.65. The van der Waals surface area contributed by atoms with Gasteiger partial charge in [0.25, 0.3) is 5.91 Å². The van der Waals surface area contributed by atoms with E-state index in [9.17, 15) is 9.59 Å². The fraction of sp³-hybridized carbons (Fsp3) is 0.370. The van der Waals surface area contributed by atoms with Gasteiger partial charge in [-0.3, -0.25) is 14.9 Å². The molecule has 2 aliphatic rings. The van der Waals surface area contributed by atoms with Gasteiger partial charge in [0.15, 0.2) is 5.69 Å². The summed E-state index contributed by atoms with van der Waals surface area (Å²) in [5.41, 5.74) is 3.65. The van der Waals surface area contributed by atoms with Crippen molar-refractivity contribution in [2.45, 2.75) is 38.6 Å². The van der Waals surface area contributed by atoms with Gasteiger partial charge in [-0.05, 0) is 61.1 Å². The summed E-state index contributed by atoms with van der Waals surface area (Å²) in [5, 5.41) is 5.33. The first-order chi connectivity index (χ1) is 16.9. The van der Waals surface area contributed by atoms with Gasteiger partial charge < -0.3 is 19.4 Å². The van der Waals surface area contributed by atoms with Gasteiger partial charge in [0, 0.05) is 31.6 Å². The molecule has 2 heterocycles. The third-order valence-electron chi connectivity index (χ3n) is 6.54. The monoisotopic (exact) mass is 474 g/mol. The van der Waals surface area contributed by atoms with E-state index in [1.165, 1.54) is 37.3 Å². The Kier molecular flexibility index (Phi) is 6.44. The second-order valence-corrected chi connectivity index (χ2v) is 9.43. The molecule has 1 saturated heterocycles. The van der Waals surface area contributed by atoms with Crippen LogP contribution in [-0.2, 0) is 4.79 Å². The van der Waals surface area contributed by atoms with Crippen LogP contribution in [0.15, 0.2) is 59.2 Å². The summed E-state index contributed by atoms with van der Waals surface area (Å²) in [6.07, 6.45) is 3.83. The first kappa shape index (κ1) is 23.0. The van der Waals surface area contributed by atoms with Crippen LogP contribution in [0.3, 0.4) is 0 Å². The highest BCUT2D eigenvalue weighted by Gasteiger charge is 2.28. The molecule has 2 aromatic carbocycles. The van der Waals surface area contributed by atoms with Crippen LogP contribution >= 0.6 is 0 Å². The van der Waals surface area contributed by atoms with Crippen LogP contribution in [0.25, 0.3) is 0 Å². The first-order valence-corrected chi connectivity index (χ1v) is 12.1. The van der Waals surface area contributed by atoms with Gasteiger partial charge in [-0.25, -0.2) is 0 Å². The number of hydrogen-bond donors (Lipinski definition) is 2. The number of nitrogens with zero attached hydrogens (tertiary/aromatic N) is 2. The maximum absolute atomic E-state index is 12.5. The van der Waals surface area contributed by atoms with E-state index in [-0.39, 0.29) is 29.6 Å². The highest BCUT2D eigenvalue weighted by molar-refractivity contribution is 5.93. The van der Waals surface area contributed by atoms with E-state index in [1.54, 1.807) is 0 Å². The Morgan fingerprint density at radius 3 is 2.49 bits per heavy atom. The van der Waals surface area contributed by atoms with E-state index in [2.05, 4.69) is 69.0 Å². The minimum atomic E-state index is -0.361. The van der Waals surface area contributed by atoms with E-state index in [0.29, 0.717) is 5.92 Å². The highest BCUT2D eigenvalue weighted by Crippen LogP contribution is 2.34. The van der Waals surface area contributed by atoms with Crippen molar-refractivity contribution in [3.63, 3.8) is 0 Å². The molecule has 8 heteroatoms. The van der Waals surface area contributed by atoms with Crippen molar-refractivity contribution in [2.24, 2.45) is 5.92 Å². The first-order valence-electron chi connectivity index (χ1n) is 12.1. The molecule has 182 valence electrons. The van der Waals surface area contributed by atoms with Crippen molar-refractivity contribution in [3.05, 3.63) is 71.6 Å². The maximum Gasteiger partial charge on any atom is 0.302 e. The molecule has 1 aromatic heterocycles. The lowest BCUT2D eigenvalue weighted by Gasteiger charge is -2.41. The molecule has 1 aliphatic carbocycles. The number of rotatable bonds is 9. The molecule has 1 saturated carbocycles. The molecule has 1 aliphatic heterocycles. The van der Waals surface area contributed by atoms with E-state index in [0.717, 1.165) is 36.9 Å². The third-order valence-corrected chi connectivity index (χ3v) is 6.54. The Morgan fingerprint density at radius 2 is 1.83 bits per heavy atom. The minimum Gasteiger partial charge on any atom is -0.493 e. The van der Waals surface area contributed by atoms with E-state index < -0.39 is 0 Å². The molecule has 8 nitrogen and oxygen atoms in total. The quantitative estimate of drug-likeness (QED) is 0.473. The van der Waals surface area contributed by atoms with Crippen molar-refractivity contribution < 1.29 is 18.7 Å². The van der Waals surface area contributed by atoms with Crippen LogP contribution in [0, 0.1) is 5.92 Å². The zero-order valence-electron chi connectivity index (χ0n) is 20.0. The van der Waals surface area contributed by atoms with Crippen molar-refractivity contribution in [1.29, 1.82) is 0 Å². The second-order valence-electron chi connectivity index (χ2n) is 9.43. The van der Waals surface area contributed by atoms with Crippen molar-refractivity contribution >= 4 is 23.5 Å². The fourth-order valence-corrected chi connectivity index (χ4v) is 4.15. The number of aromatic nitrogens is 1. The average molecular weight is 475 g/mol. The molecule has 0 bridgehead atoms. The van der Waals surface area contributed by atoms with Crippen molar-refractivity contribution in [1.82, 2.24) is 10.3 Å². The molecule has 2 amide bonds. The summed E-state index contributed by atoms with van der Waals surface area (Å²) in [6.45, 7) is 6.07. The smallest absolute Gasteiger partial charge is 0.302 e. The van der Waals surface area contributed by atoms with E-state index in [4.69, 9.17) is 9.15 Å². The van der Waals surface area contributed by atoms with Gasteiger partial charge in [-0.2, -0.15) is 4.98 Å². The SMILES string of the molecule is CC(=O)Nc1nc(C(=O)NC(C)c2ccc(C3CN(c4ccc(OCC5CC5)cc4)C3)cc2)co1. The number of oxazole rings is 1. The predicted molar refractivity (Wildman–Crippen MR) is 133 cm³/mol. The van der Waals surface area contributed by atoms with Crippen LogP contribution in [-0.4, -0.2) is 36.5 Å². The lowest BCUT2D eigenvalue weighted by Crippen LogP contribution is -2.45. The van der Waals surface area contributed by atoms with Crippen LogP contribution in [0.1, 0.15) is 60.3 Å². The molecule has 2 N–H and O–H groups in total. The number of carbonyl (C=O) groups is 2. The number of nitrogens with one attached hydrogen (secondary N) is 2. The summed E-state index contributed by atoms with van der Waals surface area (Å²) < 4.78 is 10.9. The molecule has 0 radical (unpaired) electrons. The van der Waals surface area contributed by atoms with E-state index >= 15 is 0 Å². The molecule has 1 unspecified atom stereocenters. The topological polar surface area (TPSA) is 96.7 Å². The molecule has 2 fully saturated rings. The van der Waals surface area contributed by atoms with Gasteiger partial charge in [-0.1, -0.05) is 24.3 Å². The summed E-state index contributed by atoms with van der Waals surface area (Å²) in [4.78, 5) is 29.9. The standard InChI is InChI=1S/C27H30N4O4/c1-17(28-26(33)25-16-35-27(30-25)29-18(2)32)20-5-7-21(8-6-20)22-13-31(14-22)23-9-11-24(12-10-23)34-15-19-3-4-19/h5-12,16-17,19,22H,3-4,13-15H2,1-2H3,(H,28,33)(H,29,30,32). The van der Waals surface area contributed by atoms with Crippen LogP contribution in [0.2, 0.25) is 0 Å². The Balaban J connectivity index is 1.10. The van der Waals surface area contributed by atoms with Gasteiger partial charge in [0.1, 0.15) is 12.0 Å². The summed E-state index contributed by atoms with van der Waals surface area (Å²) >= 11 is 0. The van der Waals surface area contributed by atoms with Gasteiger partial charge in [-0.15, -0.1) is 0 Å². The normalized spacial score (nSPS) is 16.3. The number of hydrogen-bond acceptors (Lipinski definition) is 6. The van der Waals surface area contributed by atoms with Gasteiger partial charge >= 0.3 is 6.01 Å². The minimum absolute atomic E-state index is 0.00653. The average Bonchev–Trinajstić information content (AvgIpc) is 3.54. The lowest BCUT2D eigenvalue weighted by molar-refractivity contribution is -0.114. The van der Waals surface area contributed by atoms with Crippen LogP contribution < -0.4 is 20.3 Å². The Hall–Kier alpha value is -3.81. The fourth-order valence-electron chi connectivity index (χ4n) is 4.15.